The van der Waals surface area contributed by atoms with Gasteiger partial charge in [0.05, 0.1) is 6.10 Å². The van der Waals surface area contributed by atoms with Crippen LogP contribution in [0.3, 0.4) is 0 Å². The Hall–Kier alpha value is -0.910. The largest absolute Gasteiger partial charge is 0.390 e. The maximum atomic E-state index is 13.5. The van der Waals surface area contributed by atoms with Gasteiger partial charge in [-0.1, -0.05) is 0 Å². The van der Waals surface area contributed by atoms with Gasteiger partial charge in [-0.2, -0.15) is 12.6 Å². The quantitative estimate of drug-likeness (QED) is 0.557. The first-order valence-electron chi connectivity index (χ1n) is 5.24. The van der Waals surface area contributed by atoms with Crippen LogP contribution in [0.4, 0.5) is 4.39 Å². The van der Waals surface area contributed by atoms with Gasteiger partial charge in [0, 0.05) is 11.1 Å². The number of hydrogen-bond acceptors (Lipinski definition) is 4. The first-order valence-corrected chi connectivity index (χ1v) is 5.88. The van der Waals surface area contributed by atoms with Crippen LogP contribution in [0.2, 0.25) is 0 Å². The molecule has 0 saturated carbocycles. The summed E-state index contributed by atoms with van der Waals surface area (Å²) in [5, 5.41) is 19.3. The van der Waals surface area contributed by atoms with Crippen LogP contribution in [0.15, 0.2) is 18.2 Å². The molecule has 0 aliphatic heterocycles. The number of rotatable bonds is 5. The fourth-order valence-corrected chi connectivity index (χ4v) is 1.75. The van der Waals surface area contributed by atoms with Crippen molar-refractivity contribution in [3.05, 3.63) is 35.1 Å². The van der Waals surface area contributed by atoms with Crippen molar-refractivity contribution in [2.75, 3.05) is 5.75 Å². The minimum atomic E-state index is -1.35. The maximum absolute atomic E-state index is 13.5. The van der Waals surface area contributed by atoms with Gasteiger partial charge in [-0.15, -0.1) is 0 Å². The van der Waals surface area contributed by atoms with Crippen molar-refractivity contribution in [2.45, 2.75) is 25.6 Å². The Kier molecular flexibility index (Phi) is 5.11. The molecule has 1 aromatic carbocycles. The number of benzene rings is 1. The number of hydrogen-bond donors (Lipinski definition) is 3. The SMILES string of the molecule is CC(=O)c1ccc(F)c(C(O)C(O)CCS)c1. The van der Waals surface area contributed by atoms with E-state index in [2.05, 4.69) is 12.6 Å². The lowest BCUT2D eigenvalue weighted by molar-refractivity contribution is 0.0151. The van der Waals surface area contributed by atoms with Gasteiger partial charge in [-0.3, -0.25) is 4.79 Å². The second-order valence-electron chi connectivity index (χ2n) is 3.82. The molecule has 17 heavy (non-hydrogen) atoms. The molecule has 0 saturated heterocycles. The molecule has 94 valence electrons. The Morgan fingerprint density at radius 3 is 2.65 bits per heavy atom. The Bertz CT molecular complexity index is 409. The third-order valence-electron chi connectivity index (χ3n) is 2.51. The van der Waals surface area contributed by atoms with Gasteiger partial charge >= 0.3 is 0 Å². The number of thiol groups is 1. The molecule has 0 bridgehead atoms. The van der Waals surface area contributed by atoms with Crippen molar-refractivity contribution in [2.24, 2.45) is 0 Å². The highest BCUT2D eigenvalue weighted by atomic mass is 32.1. The number of aliphatic hydroxyl groups excluding tert-OH is 2. The minimum absolute atomic E-state index is 0.0630. The van der Waals surface area contributed by atoms with Crippen molar-refractivity contribution in [3.63, 3.8) is 0 Å². The van der Waals surface area contributed by atoms with E-state index < -0.39 is 18.0 Å². The van der Waals surface area contributed by atoms with E-state index in [1.54, 1.807) is 0 Å². The Balaban J connectivity index is 3.03. The van der Waals surface area contributed by atoms with Crippen LogP contribution in [-0.4, -0.2) is 27.9 Å². The first kappa shape index (κ1) is 14.2. The summed E-state index contributed by atoms with van der Waals surface area (Å²) in [5.41, 5.74) is 0.241. The molecule has 1 rings (SSSR count). The highest BCUT2D eigenvalue weighted by Crippen LogP contribution is 2.23. The summed E-state index contributed by atoms with van der Waals surface area (Å²) in [5.74, 6) is -0.477. The summed E-state index contributed by atoms with van der Waals surface area (Å²) in [6.45, 7) is 1.35. The van der Waals surface area contributed by atoms with Crippen molar-refractivity contribution in [1.82, 2.24) is 0 Å². The number of carbonyl (C=O) groups is 1. The third kappa shape index (κ3) is 3.52. The van der Waals surface area contributed by atoms with Gasteiger partial charge in [-0.05, 0) is 37.3 Å². The van der Waals surface area contributed by atoms with Crippen molar-refractivity contribution >= 4 is 18.4 Å². The van der Waals surface area contributed by atoms with Crippen LogP contribution in [0, 0.1) is 5.82 Å². The maximum Gasteiger partial charge on any atom is 0.159 e. The molecule has 2 N–H and O–H groups in total. The van der Waals surface area contributed by atoms with E-state index in [1.807, 2.05) is 0 Å². The molecule has 0 heterocycles. The van der Waals surface area contributed by atoms with Crippen molar-refractivity contribution < 1.29 is 19.4 Å². The van der Waals surface area contributed by atoms with E-state index in [0.717, 1.165) is 6.07 Å². The molecule has 3 nitrogen and oxygen atoms in total. The predicted molar refractivity (Wildman–Crippen MR) is 65.8 cm³/mol. The fraction of sp³-hybridized carbons (Fsp3) is 0.417. The number of Topliss-reactive ketones (excluding diaryl/α,β-unsaturated/α-hetero) is 1. The molecular formula is C12H15FO3S. The molecule has 5 heteroatoms. The molecule has 2 atom stereocenters. The summed E-state index contributed by atoms with van der Waals surface area (Å²) in [4.78, 5) is 11.1. The summed E-state index contributed by atoms with van der Waals surface area (Å²) in [6.07, 6.45) is -2.20. The molecule has 0 aliphatic rings. The summed E-state index contributed by atoms with van der Waals surface area (Å²) in [7, 11) is 0. The van der Waals surface area contributed by atoms with E-state index in [0.29, 0.717) is 11.3 Å². The van der Waals surface area contributed by atoms with Crippen LogP contribution in [0.25, 0.3) is 0 Å². The zero-order chi connectivity index (χ0) is 13.0. The van der Waals surface area contributed by atoms with Crippen LogP contribution in [0.1, 0.15) is 35.4 Å². The first-order chi connectivity index (χ1) is 7.97. The highest BCUT2D eigenvalue weighted by molar-refractivity contribution is 7.80. The Labute approximate surface area is 105 Å². The molecule has 1 aromatic rings. The van der Waals surface area contributed by atoms with Gasteiger partial charge in [0.2, 0.25) is 0 Å². The number of ketones is 1. The second kappa shape index (κ2) is 6.14. The van der Waals surface area contributed by atoms with E-state index in [1.165, 1.54) is 19.1 Å². The average molecular weight is 258 g/mol. The van der Waals surface area contributed by atoms with Gasteiger partial charge < -0.3 is 10.2 Å². The fourth-order valence-electron chi connectivity index (χ4n) is 1.49. The van der Waals surface area contributed by atoms with E-state index >= 15 is 0 Å². The second-order valence-corrected chi connectivity index (χ2v) is 4.26. The minimum Gasteiger partial charge on any atom is -0.390 e. The molecule has 2 unspecified atom stereocenters. The third-order valence-corrected chi connectivity index (χ3v) is 2.77. The van der Waals surface area contributed by atoms with Crippen LogP contribution in [-0.2, 0) is 0 Å². The van der Waals surface area contributed by atoms with Crippen molar-refractivity contribution in [3.8, 4) is 0 Å². The van der Waals surface area contributed by atoms with Crippen LogP contribution >= 0.6 is 12.6 Å². The molecule has 0 amide bonds. The number of aliphatic hydroxyl groups is 2. The molecule has 0 spiro atoms. The van der Waals surface area contributed by atoms with Gasteiger partial charge in [-0.25, -0.2) is 4.39 Å². The number of carbonyl (C=O) groups excluding carboxylic acids is 1. The normalized spacial score (nSPS) is 14.4. The van der Waals surface area contributed by atoms with E-state index in [9.17, 15) is 19.4 Å². The molecule has 0 fully saturated rings. The van der Waals surface area contributed by atoms with Crippen molar-refractivity contribution in [1.29, 1.82) is 0 Å². The molecule has 0 aliphatic carbocycles. The lowest BCUT2D eigenvalue weighted by Gasteiger charge is -2.18. The molecule has 0 aromatic heterocycles. The topological polar surface area (TPSA) is 57.5 Å². The summed E-state index contributed by atoms with van der Waals surface area (Å²) in [6, 6.07) is 3.73. The number of halogens is 1. The lowest BCUT2D eigenvalue weighted by atomic mass is 9.99. The summed E-state index contributed by atoms with van der Waals surface area (Å²) >= 11 is 3.93. The monoisotopic (exact) mass is 258 g/mol. The zero-order valence-electron chi connectivity index (χ0n) is 9.43. The molecular weight excluding hydrogens is 243 g/mol. The predicted octanol–water partition coefficient (Wildman–Crippen LogP) is 1.74. The van der Waals surface area contributed by atoms with Gasteiger partial charge in [0.1, 0.15) is 11.9 Å². The smallest absolute Gasteiger partial charge is 0.159 e. The van der Waals surface area contributed by atoms with Gasteiger partial charge in [0.25, 0.3) is 0 Å². The lowest BCUT2D eigenvalue weighted by Crippen LogP contribution is -2.20. The zero-order valence-corrected chi connectivity index (χ0v) is 10.3. The Morgan fingerprint density at radius 2 is 2.12 bits per heavy atom. The molecule has 0 radical (unpaired) electrons. The van der Waals surface area contributed by atoms with Crippen LogP contribution in [0.5, 0.6) is 0 Å². The van der Waals surface area contributed by atoms with Crippen LogP contribution < -0.4 is 0 Å². The standard InChI is InChI=1S/C12H15FO3S/c1-7(14)8-2-3-10(13)9(6-8)12(16)11(15)4-5-17/h2-3,6,11-12,15-17H,4-5H2,1H3. The highest BCUT2D eigenvalue weighted by Gasteiger charge is 2.21. The summed E-state index contributed by atoms with van der Waals surface area (Å²) < 4.78 is 13.5. The van der Waals surface area contributed by atoms with E-state index in [-0.39, 0.29) is 17.8 Å². The van der Waals surface area contributed by atoms with E-state index in [4.69, 9.17) is 0 Å². The average Bonchev–Trinajstić information content (AvgIpc) is 2.28. The van der Waals surface area contributed by atoms with Gasteiger partial charge in [0.15, 0.2) is 5.78 Å². The Morgan fingerprint density at radius 1 is 1.47 bits per heavy atom.